The summed E-state index contributed by atoms with van der Waals surface area (Å²) >= 11 is 0. The van der Waals surface area contributed by atoms with Gasteiger partial charge in [0.15, 0.2) is 0 Å². The van der Waals surface area contributed by atoms with Crippen LogP contribution in [0.25, 0.3) is 0 Å². The molecule has 0 N–H and O–H groups in total. The van der Waals surface area contributed by atoms with E-state index in [4.69, 9.17) is 4.74 Å². The molecule has 0 spiro atoms. The molecular weight excluding hydrogens is 304 g/mol. The van der Waals surface area contributed by atoms with Crippen molar-refractivity contribution in [2.75, 3.05) is 0 Å². The van der Waals surface area contributed by atoms with Crippen LogP contribution in [-0.2, 0) is 5.41 Å². The molecule has 2 rings (SSSR count). The van der Waals surface area contributed by atoms with Gasteiger partial charge in [-0.3, -0.25) is 0 Å². The van der Waals surface area contributed by atoms with E-state index >= 15 is 0 Å². The second kappa shape index (κ2) is 8.08. The van der Waals surface area contributed by atoms with E-state index < -0.39 is 0 Å². The molecule has 1 heteroatoms. The molecule has 2 aromatic carbocycles. The molecule has 0 amide bonds. The Kier molecular flexibility index (Phi) is 6.32. The molecule has 0 bridgehead atoms. The van der Waals surface area contributed by atoms with Crippen molar-refractivity contribution in [3.05, 3.63) is 65.2 Å². The summed E-state index contributed by atoms with van der Waals surface area (Å²) in [7, 11) is 0. The summed E-state index contributed by atoms with van der Waals surface area (Å²) in [6.45, 7) is 13.4. The standard InChI is InChI=1S/C24H34O/c1-7-17-24(6,18-8-2)25-22-15-13-21(14-16-22)23(4,5)20-11-9-19(3)10-12-20/h9-16H,7-8,17-18H2,1-6H3. The molecule has 0 radical (unpaired) electrons. The summed E-state index contributed by atoms with van der Waals surface area (Å²) in [6.07, 6.45) is 4.49. The Hall–Kier alpha value is -1.76. The number of hydrogen-bond donors (Lipinski definition) is 0. The highest BCUT2D eigenvalue weighted by Crippen LogP contribution is 2.34. The third-order valence-corrected chi connectivity index (χ3v) is 5.27. The number of rotatable bonds is 8. The molecule has 136 valence electrons. The topological polar surface area (TPSA) is 9.23 Å². The van der Waals surface area contributed by atoms with Gasteiger partial charge >= 0.3 is 0 Å². The summed E-state index contributed by atoms with van der Waals surface area (Å²) in [6, 6.07) is 17.5. The minimum absolute atomic E-state index is 0.0115. The van der Waals surface area contributed by atoms with Crippen molar-refractivity contribution in [3.8, 4) is 5.75 Å². The third-order valence-electron chi connectivity index (χ3n) is 5.27. The first-order valence-electron chi connectivity index (χ1n) is 9.67. The van der Waals surface area contributed by atoms with E-state index in [2.05, 4.69) is 90.1 Å². The van der Waals surface area contributed by atoms with E-state index in [1.54, 1.807) is 0 Å². The van der Waals surface area contributed by atoms with E-state index in [0.717, 1.165) is 31.4 Å². The highest BCUT2D eigenvalue weighted by molar-refractivity contribution is 5.40. The van der Waals surface area contributed by atoms with Gasteiger partial charge in [-0.05, 0) is 49.9 Å². The average Bonchev–Trinajstić information content (AvgIpc) is 2.56. The van der Waals surface area contributed by atoms with Crippen molar-refractivity contribution in [3.63, 3.8) is 0 Å². The van der Waals surface area contributed by atoms with Crippen LogP contribution in [0, 0.1) is 6.92 Å². The Morgan fingerprint density at radius 1 is 0.720 bits per heavy atom. The van der Waals surface area contributed by atoms with Gasteiger partial charge in [-0.2, -0.15) is 0 Å². The van der Waals surface area contributed by atoms with Crippen LogP contribution in [0.15, 0.2) is 48.5 Å². The normalized spacial score (nSPS) is 12.2. The Morgan fingerprint density at radius 3 is 1.60 bits per heavy atom. The zero-order valence-electron chi connectivity index (χ0n) is 16.9. The summed E-state index contributed by atoms with van der Waals surface area (Å²) in [5.41, 5.74) is 3.89. The van der Waals surface area contributed by atoms with Crippen molar-refractivity contribution in [2.45, 2.75) is 78.2 Å². The highest BCUT2D eigenvalue weighted by Gasteiger charge is 2.26. The molecule has 0 saturated heterocycles. The lowest BCUT2D eigenvalue weighted by molar-refractivity contribution is 0.0680. The quantitative estimate of drug-likeness (QED) is 0.500. The molecule has 0 aromatic heterocycles. The van der Waals surface area contributed by atoms with Gasteiger partial charge in [-0.15, -0.1) is 0 Å². The molecule has 0 unspecified atom stereocenters. The number of hydrogen-bond acceptors (Lipinski definition) is 1. The summed E-state index contributed by atoms with van der Waals surface area (Å²) in [5.74, 6) is 0.979. The third kappa shape index (κ3) is 4.87. The number of ether oxygens (including phenoxy) is 1. The molecule has 0 aliphatic carbocycles. The second-order valence-corrected chi connectivity index (χ2v) is 8.07. The molecule has 25 heavy (non-hydrogen) atoms. The lowest BCUT2D eigenvalue weighted by Crippen LogP contribution is -2.32. The van der Waals surface area contributed by atoms with Crippen molar-refractivity contribution >= 4 is 0 Å². The zero-order chi connectivity index (χ0) is 18.5. The Labute approximate surface area is 154 Å². The fourth-order valence-corrected chi connectivity index (χ4v) is 3.65. The number of aryl methyl sites for hydroxylation is 1. The molecule has 0 saturated carbocycles. The Morgan fingerprint density at radius 2 is 1.16 bits per heavy atom. The zero-order valence-corrected chi connectivity index (χ0v) is 16.9. The van der Waals surface area contributed by atoms with Crippen LogP contribution in [0.5, 0.6) is 5.75 Å². The van der Waals surface area contributed by atoms with Gasteiger partial charge in [-0.25, -0.2) is 0 Å². The summed E-state index contributed by atoms with van der Waals surface area (Å²) in [4.78, 5) is 0. The Balaban J connectivity index is 2.19. The number of benzene rings is 2. The van der Waals surface area contributed by atoms with Gasteiger partial charge < -0.3 is 4.74 Å². The molecule has 0 heterocycles. The maximum atomic E-state index is 6.37. The van der Waals surface area contributed by atoms with Gasteiger partial charge in [0.1, 0.15) is 11.4 Å². The lowest BCUT2D eigenvalue weighted by atomic mass is 9.78. The maximum absolute atomic E-state index is 6.37. The molecule has 0 aliphatic rings. The molecule has 0 aliphatic heterocycles. The largest absolute Gasteiger partial charge is 0.488 e. The summed E-state index contributed by atoms with van der Waals surface area (Å²) in [5, 5.41) is 0. The highest BCUT2D eigenvalue weighted by atomic mass is 16.5. The van der Waals surface area contributed by atoms with E-state index in [1.807, 2.05) is 0 Å². The average molecular weight is 339 g/mol. The van der Waals surface area contributed by atoms with Crippen molar-refractivity contribution in [1.29, 1.82) is 0 Å². The lowest BCUT2D eigenvalue weighted by Gasteiger charge is -2.31. The van der Waals surface area contributed by atoms with Crippen LogP contribution >= 0.6 is 0 Å². The molecule has 2 aromatic rings. The van der Waals surface area contributed by atoms with E-state index in [-0.39, 0.29) is 11.0 Å². The predicted octanol–water partition coefficient (Wildman–Crippen LogP) is 7.06. The monoisotopic (exact) mass is 338 g/mol. The van der Waals surface area contributed by atoms with Crippen LogP contribution in [0.1, 0.15) is 77.0 Å². The van der Waals surface area contributed by atoms with Gasteiger partial charge in [0.2, 0.25) is 0 Å². The predicted molar refractivity (Wildman–Crippen MR) is 109 cm³/mol. The fraction of sp³-hybridized carbons (Fsp3) is 0.500. The van der Waals surface area contributed by atoms with Crippen molar-refractivity contribution < 1.29 is 4.74 Å². The van der Waals surface area contributed by atoms with E-state index in [0.29, 0.717) is 0 Å². The Bertz CT molecular complexity index is 643. The van der Waals surface area contributed by atoms with Crippen molar-refractivity contribution in [1.82, 2.24) is 0 Å². The van der Waals surface area contributed by atoms with Gasteiger partial charge in [0.05, 0.1) is 0 Å². The molecular formula is C24H34O. The van der Waals surface area contributed by atoms with E-state index in [1.165, 1.54) is 16.7 Å². The molecule has 0 fully saturated rings. The van der Waals surface area contributed by atoms with E-state index in [9.17, 15) is 0 Å². The smallest absolute Gasteiger partial charge is 0.120 e. The van der Waals surface area contributed by atoms with Crippen LogP contribution < -0.4 is 4.74 Å². The van der Waals surface area contributed by atoms with Crippen LogP contribution in [0.2, 0.25) is 0 Å². The second-order valence-electron chi connectivity index (χ2n) is 8.07. The van der Waals surface area contributed by atoms with Crippen LogP contribution in [0.3, 0.4) is 0 Å². The first-order valence-corrected chi connectivity index (χ1v) is 9.67. The molecule has 0 atom stereocenters. The fourth-order valence-electron chi connectivity index (χ4n) is 3.65. The SMILES string of the molecule is CCCC(C)(CCC)Oc1ccc(C(C)(C)c2ccc(C)cc2)cc1. The minimum atomic E-state index is -0.0580. The summed E-state index contributed by atoms with van der Waals surface area (Å²) < 4.78 is 6.37. The maximum Gasteiger partial charge on any atom is 0.120 e. The van der Waals surface area contributed by atoms with Crippen LogP contribution in [0.4, 0.5) is 0 Å². The first-order chi connectivity index (χ1) is 11.8. The van der Waals surface area contributed by atoms with Gasteiger partial charge in [0.25, 0.3) is 0 Å². The molecule has 1 nitrogen and oxygen atoms in total. The minimum Gasteiger partial charge on any atom is -0.488 e. The van der Waals surface area contributed by atoms with Crippen LogP contribution in [-0.4, -0.2) is 5.60 Å². The first kappa shape index (κ1) is 19.6. The van der Waals surface area contributed by atoms with Gasteiger partial charge in [-0.1, -0.05) is 82.5 Å². The van der Waals surface area contributed by atoms with Gasteiger partial charge in [0, 0.05) is 5.41 Å². The van der Waals surface area contributed by atoms with Crippen molar-refractivity contribution in [2.24, 2.45) is 0 Å².